The largest absolute Gasteiger partial charge is 0.356 e. The van der Waals surface area contributed by atoms with Gasteiger partial charge in [0, 0.05) is 19.6 Å². The summed E-state index contributed by atoms with van der Waals surface area (Å²) in [5.41, 5.74) is 1.61. The van der Waals surface area contributed by atoms with Gasteiger partial charge in [-0.05, 0) is 44.9 Å². The van der Waals surface area contributed by atoms with Gasteiger partial charge in [-0.15, -0.1) is 24.0 Å². The van der Waals surface area contributed by atoms with Crippen molar-refractivity contribution in [2.24, 2.45) is 10.9 Å². The molecule has 0 spiro atoms. The maximum atomic E-state index is 4.27. The molecule has 1 rings (SSSR count). The van der Waals surface area contributed by atoms with E-state index in [9.17, 15) is 0 Å². The number of guanidine groups is 1. The fourth-order valence-corrected chi connectivity index (χ4v) is 2.05. The number of rotatable bonds is 5. The number of allylic oxidation sites excluding steroid dienone is 1. The zero-order valence-electron chi connectivity index (χ0n) is 12.8. The Bertz CT molecular complexity index is 298. The van der Waals surface area contributed by atoms with Crippen molar-refractivity contribution in [2.45, 2.75) is 58.9 Å². The summed E-state index contributed by atoms with van der Waals surface area (Å²) in [5, 5.41) is 6.82. The number of hydrogen-bond donors (Lipinski definition) is 2. The summed E-state index contributed by atoms with van der Waals surface area (Å²) in [7, 11) is 1.84. The van der Waals surface area contributed by atoms with E-state index in [0.29, 0.717) is 12.0 Å². The molecule has 1 atom stereocenters. The van der Waals surface area contributed by atoms with Crippen LogP contribution in [0.1, 0.15) is 52.9 Å². The number of nitrogens with one attached hydrogen (secondary N) is 2. The van der Waals surface area contributed by atoms with Gasteiger partial charge in [-0.1, -0.05) is 25.5 Å². The van der Waals surface area contributed by atoms with Crippen LogP contribution in [0.2, 0.25) is 0 Å². The first kappa shape index (κ1) is 18.7. The fourth-order valence-electron chi connectivity index (χ4n) is 2.05. The molecule has 1 aliphatic carbocycles. The van der Waals surface area contributed by atoms with Crippen LogP contribution in [0.5, 0.6) is 0 Å². The van der Waals surface area contributed by atoms with E-state index < -0.39 is 0 Å². The Morgan fingerprint density at radius 1 is 1.32 bits per heavy atom. The highest BCUT2D eigenvalue weighted by molar-refractivity contribution is 14.0. The monoisotopic (exact) mass is 379 g/mol. The molecular weight excluding hydrogens is 349 g/mol. The van der Waals surface area contributed by atoms with Gasteiger partial charge < -0.3 is 10.6 Å². The average molecular weight is 379 g/mol. The third-order valence-corrected chi connectivity index (χ3v) is 3.71. The second-order valence-corrected chi connectivity index (χ2v) is 5.53. The van der Waals surface area contributed by atoms with E-state index in [1.807, 2.05) is 7.05 Å². The lowest BCUT2D eigenvalue weighted by molar-refractivity contribution is 0.481. The van der Waals surface area contributed by atoms with Crippen LogP contribution in [0.15, 0.2) is 16.6 Å². The summed E-state index contributed by atoms with van der Waals surface area (Å²) < 4.78 is 0. The minimum Gasteiger partial charge on any atom is -0.356 e. The Labute approximate surface area is 135 Å². The summed E-state index contributed by atoms with van der Waals surface area (Å²) in [5.74, 6) is 1.54. The van der Waals surface area contributed by atoms with Crippen molar-refractivity contribution < 1.29 is 0 Å². The Balaban J connectivity index is 0.00000324. The highest BCUT2D eigenvalue weighted by Crippen LogP contribution is 2.19. The Morgan fingerprint density at radius 2 is 2.05 bits per heavy atom. The van der Waals surface area contributed by atoms with E-state index in [2.05, 4.69) is 42.5 Å². The van der Waals surface area contributed by atoms with Crippen molar-refractivity contribution in [3.8, 4) is 0 Å². The topological polar surface area (TPSA) is 36.4 Å². The Morgan fingerprint density at radius 3 is 2.58 bits per heavy atom. The third kappa shape index (κ3) is 7.80. The highest BCUT2D eigenvalue weighted by atomic mass is 127. The molecule has 0 aliphatic heterocycles. The number of halogens is 1. The molecule has 3 nitrogen and oxygen atoms in total. The standard InChI is InChI=1S/C15H29N3.HI/c1-12(2)13(3)18-15(16-4)17-11-10-14-8-6-5-7-9-14;/h8,12-13H,5-7,9-11H2,1-4H3,(H2,16,17,18);1H. The first-order chi connectivity index (χ1) is 8.63. The second kappa shape index (κ2) is 10.5. The summed E-state index contributed by atoms with van der Waals surface area (Å²) in [6.45, 7) is 7.62. The van der Waals surface area contributed by atoms with Crippen molar-refractivity contribution in [3.63, 3.8) is 0 Å². The van der Waals surface area contributed by atoms with E-state index in [4.69, 9.17) is 0 Å². The summed E-state index contributed by atoms with van der Waals surface area (Å²) in [4.78, 5) is 4.27. The molecule has 0 fully saturated rings. The minimum atomic E-state index is 0. The quantitative estimate of drug-likeness (QED) is 0.331. The molecule has 4 heteroatoms. The molecule has 0 aromatic heterocycles. The number of hydrogen-bond acceptors (Lipinski definition) is 1. The molecular formula is C15H30IN3. The lowest BCUT2D eigenvalue weighted by atomic mass is 9.97. The van der Waals surface area contributed by atoms with Crippen LogP contribution in [0.25, 0.3) is 0 Å². The minimum absolute atomic E-state index is 0. The highest BCUT2D eigenvalue weighted by Gasteiger charge is 2.09. The SMILES string of the molecule is CN=C(NCCC1=CCCCC1)NC(C)C(C)C.I. The van der Waals surface area contributed by atoms with Crippen LogP contribution in [0.4, 0.5) is 0 Å². The van der Waals surface area contributed by atoms with Crippen LogP contribution in [0.3, 0.4) is 0 Å². The van der Waals surface area contributed by atoms with E-state index in [-0.39, 0.29) is 24.0 Å². The van der Waals surface area contributed by atoms with Crippen LogP contribution in [0, 0.1) is 5.92 Å². The molecule has 0 heterocycles. The van der Waals surface area contributed by atoms with Crippen molar-refractivity contribution in [1.29, 1.82) is 0 Å². The van der Waals surface area contributed by atoms with Gasteiger partial charge in [0.05, 0.1) is 0 Å². The molecule has 112 valence electrons. The Hall–Kier alpha value is -0.260. The van der Waals surface area contributed by atoms with Crippen molar-refractivity contribution in [3.05, 3.63) is 11.6 Å². The fraction of sp³-hybridized carbons (Fsp3) is 0.800. The van der Waals surface area contributed by atoms with Crippen molar-refractivity contribution in [1.82, 2.24) is 10.6 Å². The van der Waals surface area contributed by atoms with Gasteiger partial charge in [0.25, 0.3) is 0 Å². The molecule has 0 amide bonds. The number of aliphatic imine (C=N–C) groups is 1. The van der Waals surface area contributed by atoms with E-state index in [1.54, 1.807) is 5.57 Å². The van der Waals surface area contributed by atoms with E-state index in [0.717, 1.165) is 18.9 Å². The zero-order valence-corrected chi connectivity index (χ0v) is 15.2. The van der Waals surface area contributed by atoms with Gasteiger partial charge in [-0.3, -0.25) is 4.99 Å². The van der Waals surface area contributed by atoms with Gasteiger partial charge in [0.2, 0.25) is 0 Å². The molecule has 0 saturated heterocycles. The first-order valence-electron chi connectivity index (χ1n) is 7.28. The summed E-state index contributed by atoms with van der Waals surface area (Å²) in [6.07, 6.45) is 8.85. The predicted octanol–water partition coefficient (Wildman–Crippen LogP) is 3.70. The molecule has 1 aliphatic rings. The van der Waals surface area contributed by atoms with Crippen LogP contribution >= 0.6 is 24.0 Å². The average Bonchev–Trinajstić information content (AvgIpc) is 2.38. The molecule has 19 heavy (non-hydrogen) atoms. The molecule has 2 N–H and O–H groups in total. The van der Waals surface area contributed by atoms with Gasteiger partial charge in [0.1, 0.15) is 0 Å². The van der Waals surface area contributed by atoms with Crippen LogP contribution in [-0.2, 0) is 0 Å². The summed E-state index contributed by atoms with van der Waals surface area (Å²) in [6, 6.07) is 0.449. The van der Waals surface area contributed by atoms with Gasteiger partial charge in [-0.2, -0.15) is 0 Å². The second-order valence-electron chi connectivity index (χ2n) is 5.53. The Kier molecular flexibility index (Phi) is 10.4. The third-order valence-electron chi connectivity index (χ3n) is 3.71. The van der Waals surface area contributed by atoms with Crippen molar-refractivity contribution in [2.75, 3.05) is 13.6 Å². The van der Waals surface area contributed by atoms with E-state index >= 15 is 0 Å². The maximum absolute atomic E-state index is 4.27. The smallest absolute Gasteiger partial charge is 0.191 e. The molecule has 0 bridgehead atoms. The summed E-state index contributed by atoms with van der Waals surface area (Å²) >= 11 is 0. The normalized spacial score (nSPS) is 17.5. The number of nitrogens with zero attached hydrogens (tertiary/aromatic N) is 1. The van der Waals surface area contributed by atoms with Crippen LogP contribution < -0.4 is 10.6 Å². The molecule has 0 aromatic rings. The molecule has 1 unspecified atom stereocenters. The zero-order chi connectivity index (χ0) is 13.4. The molecule has 0 aromatic carbocycles. The molecule has 0 saturated carbocycles. The lowest BCUT2D eigenvalue weighted by Crippen LogP contribution is -2.44. The van der Waals surface area contributed by atoms with Gasteiger partial charge in [-0.25, -0.2) is 0 Å². The van der Waals surface area contributed by atoms with Crippen molar-refractivity contribution >= 4 is 29.9 Å². The van der Waals surface area contributed by atoms with Gasteiger partial charge >= 0.3 is 0 Å². The maximum Gasteiger partial charge on any atom is 0.191 e. The molecule has 0 radical (unpaired) electrons. The first-order valence-corrected chi connectivity index (χ1v) is 7.28. The predicted molar refractivity (Wildman–Crippen MR) is 95.4 cm³/mol. The van der Waals surface area contributed by atoms with E-state index in [1.165, 1.54) is 25.7 Å². The van der Waals surface area contributed by atoms with Gasteiger partial charge in [0.15, 0.2) is 5.96 Å². The van der Waals surface area contributed by atoms with Crippen LogP contribution in [-0.4, -0.2) is 25.6 Å². The lowest BCUT2D eigenvalue weighted by Gasteiger charge is -2.21.